The van der Waals surface area contributed by atoms with Gasteiger partial charge in [0, 0.05) is 44.6 Å². The maximum Gasteiger partial charge on any atom is 0.139 e. The first-order chi connectivity index (χ1) is 25.7. The quantitative estimate of drug-likeness (QED) is 0.131. The van der Waals surface area contributed by atoms with E-state index in [1.807, 2.05) is 68.6 Å². The van der Waals surface area contributed by atoms with Gasteiger partial charge in [0.25, 0.3) is 0 Å². The first kappa shape index (κ1) is 33.2. The molecule has 0 atom stereocenters. The minimum Gasteiger partial charge on any atom is -0.500 e. The first-order valence-corrected chi connectivity index (χ1v) is 17.7. The number of benzene rings is 6. The minimum atomic E-state index is -0.634. The van der Waals surface area contributed by atoms with Crippen LogP contribution >= 0.6 is 0 Å². The third-order valence-electron chi connectivity index (χ3n) is 9.94. The molecular weight excluding hydrogens is 829 g/mol. The summed E-state index contributed by atoms with van der Waals surface area (Å²) in [7, 11) is 0. The van der Waals surface area contributed by atoms with Crippen molar-refractivity contribution in [2.24, 2.45) is 0 Å². The van der Waals surface area contributed by atoms with Crippen molar-refractivity contribution in [2.75, 3.05) is 0 Å². The molecule has 6 aromatic carbocycles. The molecule has 10 rings (SSSR count). The fraction of sp³-hybridized carbons (Fsp3) is 0.125. The smallest absolute Gasteiger partial charge is 0.139 e. The summed E-state index contributed by atoms with van der Waals surface area (Å²) in [6.07, 6.45) is 3.64. The Balaban J connectivity index is 0.000000153. The molecule has 0 bridgehead atoms. The Morgan fingerprint density at radius 2 is 1.30 bits per heavy atom. The van der Waals surface area contributed by atoms with Gasteiger partial charge in [0.05, 0.1) is 11.0 Å². The van der Waals surface area contributed by atoms with E-state index < -0.39 is 5.89 Å². The van der Waals surface area contributed by atoms with Crippen LogP contribution in [0.5, 0.6) is 0 Å². The molecule has 1 radical (unpaired) electrons. The summed E-state index contributed by atoms with van der Waals surface area (Å²) in [4.78, 5) is 9.08. The summed E-state index contributed by atoms with van der Waals surface area (Å²) >= 11 is 0. The van der Waals surface area contributed by atoms with Gasteiger partial charge in [-0.2, -0.15) is 0 Å². The van der Waals surface area contributed by atoms with Gasteiger partial charge >= 0.3 is 0 Å². The van der Waals surface area contributed by atoms with Crippen molar-refractivity contribution in [3.8, 4) is 22.5 Å². The molecular formula is C48H36IrN2O2-2. The summed E-state index contributed by atoms with van der Waals surface area (Å²) in [5.41, 5.74) is 9.18. The maximum absolute atomic E-state index is 8.22. The Morgan fingerprint density at radius 1 is 0.585 bits per heavy atom. The standard InChI is InChI=1S/C26H18NO2.C22H18N.Ir/c1-15(2)16-12-13-27-21(14-16)19-8-5-7-17-18-10-11-23-24(26(18)29-25(17)19)20-6-3-4-9-22(20)28-23;1-15(2)17-11-12-23-22(14-17)19-9-10-21-18(13-19)8-7-16-5-3-4-6-20(16)21;/h3-7,9-15H,1-2H3;3-8,10-15H,1-2H3;/q2*-1;/i;15D;. The van der Waals surface area contributed by atoms with Gasteiger partial charge in [-0.1, -0.05) is 127 Å². The van der Waals surface area contributed by atoms with E-state index in [0.717, 1.165) is 72.0 Å². The molecule has 4 nitrogen and oxygen atoms in total. The predicted molar refractivity (Wildman–Crippen MR) is 215 cm³/mol. The van der Waals surface area contributed by atoms with E-state index in [2.05, 4.69) is 109 Å². The number of furan rings is 2. The number of para-hydroxylation sites is 1. The molecule has 0 aliphatic rings. The van der Waals surface area contributed by atoms with E-state index in [1.165, 1.54) is 27.1 Å². The number of aromatic nitrogens is 2. The second-order valence-electron chi connectivity index (χ2n) is 13.8. The average molecular weight is 866 g/mol. The van der Waals surface area contributed by atoms with Gasteiger partial charge in [-0.25, -0.2) is 0 Å². The van der Waals surface area contributed by atoms with Crippen LogP contribution in [0.1, 0.15) is 52.0 Å². The van der Waals surface area contributed by atoms with Crippen LogP contribution in [0.15, 0.2) is 143 Å². The zero-order valence-corrected chi connectivity index (χ0v) is 32.2. The second-order valence-corrected chi connectivity index (χ2v) is 13.8. The third kappa shape index (κ3) is 6.20. The molecule has 0 fully saturated rings. The van der Waals surface area contributed by atoms with Crippen LogP contribution in [0.4, 0.5) is 0 Å². The van der Waals surface area contributed by atoms with Gasteiger partial charge in [-0.15, -0.1) is 47.3 Å². The summed E-state index contributed by atoms with van der Waals surface area (Å²) in [5.74, 6) is -0.200. The van der Waals surface area contributed by atoms with Gasteiger partial charge in [0.2, 0.25) is 0 Å². The van der Waals surface area contributed by atoms with Crippen LogP contribution in [0.25, 0.3) is 87.9 Å². The van der Waals surface area contributed by atoms with Gasteiger partial charge < -0.3 is 18.8 Å². The van der Waals surface area contributed by atoms with Crippen molar-refractivity contribution in [3.63, 3.8) is 0 Å². The van der Waals surface area contributed by atoms with Crippen LogP contribution in [-0.4, -0.2) is 9.97 Å². The van der Waals surface area contributed by atoms with E-state index in [4.69, 9.17) is 10.2 Å². The van der Waals surface area contributed by atoms with Crippen molar-refractivity contribution in [2.45, 2.75) is 39.5 Å². The van der Waals surface area contributed by atoms with E-state index in [9.17, 15) is 0 Å². The molecule has 4 aromatic heterocycles. The second kappa shape index (κ2) is 14.1. The predicted octanol–water partition coefficient (Wildman–Crippen LogP) is 13.4. The number of nitrogens with zero attached hydrogens (tertiary/aromatic N) is 2. The van der Waals surface area contributed by atoms with Gasteiger partial charge in [-0.3, -0.25) is 0 Å². The molecule has 0 saturated carbocycles. The largest absolute Gasteiger partial charge is 0.500 e. The normalized spacial score (nSPS) is 12.1. The molecule has 10 aromatic rings. The van der Waals surface area contributed by atoms with Crippen LogP contribution in [0.3, 0.4) is 0 Å². The Bertz CT molecular complexity index is 2990. The van der Waals surface area contributed by atoms with Crippen molar-refractivity contribution in [3.05, 3.63) is 157 Å². The Kier molecular flexibility index (Phi) is 8.83. The van der Waals surface area contributed by atoms with E-state index in [0.29, 0.717) is 5.92 Å². The van der Waals surface area contributed by atoms with E-state index in [1.54, 1.807) is 6.20 Å². The molecule has 0 saturated heterocycles. The molecule has 0 N–H and O–H groups in total. The molecule has 0 spiro atoms. The minimum absolute atomic E-state index is 0. The summed E-state index contributed by atoms with van der Waals surface area (Å²) in [6.45, 7) is 8.15. The van der Waals surface area contributed by atoms with Crippen molar-refractivity contribution >= 4 is 65.4 Å². The summed E-state index contributed by atoms with van der Waals surface area (Å²) < 4.78 is 20.7. The number of rotatable bonds is 4. The number of hydrogen-bond donors (Lipinski definition) is 0. The zero-order chi connectivity index (χ0) is 36.3. The van der Waals surface area contributed by atoms with Gasteiger partial charge in [0.1, 0.15) is 16.7 Å². The molecule has 53 heavy (non-hydrogen) atoms. The maximum atomic E-state index is 8.22. The number of pyridine rings is 2. The Labute approximate surface area is 323 Å². The third-order valence-corrected chi connectivity index (χ3v) is 9.94. The zero-order valence-electron chi connectivity index (χ0n) is 30.8. The van der Waals surface area contributed by atoms with Crippen LogP contribution in [0.2, 0.25) is 0 Å². The first-order valence-electron chi connectivity index (χ1n) is 18.2. The van der Waals surface area contributed by atoms with Crippen LogP contribution in [-0.2, 0) is 20.1 Å². The van der Waals surface area contributed by atoms with Crippen molar-refractivity contribution < 1.29 is 30.3 Å². The monoisotopic (exact) mass is 866 g/mol. The summed E-state index contributed by atoms with van der Waals surface area (Å²) in [6, 6.07) is 47.9. The Hall–Kier alpha value is -5.61. The van der Waals surface area contributed by atoms with Gasteiger partial charge in [0.15, 0.2) is 0 Å². The molecule has 4 heterocycles. The van der Waals surface area contributed by atoms with E-state index >= 15 is 0 Å². The topological polar surface area (TPSA) is 52.1 Å². The molecule has 0 amide bonds. The SMILES string of the molecule is CC(C)c1ccnc(-c2[c-]ccc3c2oc2c3ccc3oc4ccccc4c32)c1.[2H]C(C)(C)c1ccnc(-c2[c-]cc3c(ccc4ccccc43)c2)c1.[Ir]. The Morgan fingerprint density at radius 3 is 2.13 bits per heavy atom. The van der Waals surface area contributed by atoms with Crippen molar-refractivity contribution in [1.29, 1.82) is 0 Å². The average Bonchev–Trinajstić information content (AvgIpc) is 3.76. The molecule has 5 heteroatoms. The van der Waals surface area contributed by atoms with Crippen LogP contribution < -0.4 is 0 Å². The van der Waals surface area contributed by atoms with E-state index in [-0.39, 0.29) is 20.1 Å². The number of fused-ring (bicyclic) bond motifs is 10. The van der Waals surface area contributed by atoms with Crippen molar-refractivity contribution in [1.82, 2.24) is 9.97 Å². The molecule has 261 valence electrons. The number of hydrogen-bond acceptors (Lipinski definition) is 4. The summed E-state index contributed by atoms with van der Waals surface area (Å²) in [5, 5.41) is 9.09. The van der Waals surface area contributed by atoms with Crippen LogP contribution in [0, 0.1) is 12.1 Å². The fourth-order valence-corrected chi connectivity index (χ4v) is 7.12. The molecule has 0 unspecified atom stereocenters. The molecule has 0 aliphatic carbocycles. The molecule has 0 aliphatic heterocycles. The van der Waals surface area contributed by atoms with Gasteiger partial charge in [-0.05, 0) is 58.9 Å². The fourth-order valence-electron chi connectivity index (χ4n) is 7.12.